The Hall–Kier alpha value is -2.90. The van der Waals surface area contributed by atoms with Crippen molar-refractivity contribution < 1.29 is 9.59 Å². The summed E-state index contributed by atoms with van der Waals surface area (Å²) in [6.45, 7) is 2.50. The number of carbonyl (C=O) groups is 2. The van der Waals surface area contributed by atoms with E-state index < -0.39 is 5.54 Å². The minimum Gasteiger partial charge on any atom is -0.267 e. The molecule has 2 amide bonds. The van der Waals surface area contributed by atoms with Gasteiger partial charge in [-0.1, -0.05) is 42.2 Å². The van der Waals surface area contributed by atoms with Crippen molar-refractivity contribution in [3.8, 4) is 11.8 Å². The molecule has 2 aliphatic heterocycles. The summed E-state index contributed by atoms with van der Waals surface area (Å²) < 4.78 is 0. The first-order chi connectivity index (χ1) is 11.1. The van der Waals surface area contributed by atoms with Crippen molar-refractivity contribution in [2.24, 2.45) is 0 Å². The summed E-state index contributed by atoms with van der Waals surface area (Å²) in [4.78, 5) is 24.9. The Morgan fingerprint density at radius 3 is 2.09 bits per heavy atom. The topological polar surface area (TPSA) is 40.4 Å². The number of hydrogen-bond acceptors (Lipinski definition) is 3. The van der Waals surface area contributed by atoms with Crippen LogP contribution in [0.1, 0.15) is 33.2 Å². The Balaban J connectivity index is 1.59. The predicted octanol–water partition coefficient (Wildman–Crippen LogP) is 2.32. The van der Waals surface area contributed by atoms with E-state index in [2.05, 4.69) is 11.8 Å². The molecule has 2 heterocycles. The van der Waals surface area contributed by atoms with E-state index in [0.29, 0.717) is 17.7 Å². The van der Waals surface area contributed by atoms with Crippen LogP contribution in [-0.4, -0.2) is 33.9 Å². The second-order valence-electron chi connectivity index (χ2n) is 5.92. The lowest BCUT2D eigenvalue weighted by molar-refractivity contribution is 0.0350. The summed E-state index contributed by atoms with van der Waals surface area (Å²) in [5.41, 5.74) is 1.36. The first-order valence-corrected chi connectivity index (χ1v) is 7.44. The van der Waals surface area contributed by atoms with E-state index in [1.54, 1.807) is 29.3 Å². The van der Waals surface area contributed by atoms with E-state index in [1.165, 1.54) is 5.01 Å². The number of fused-ring (bicyclic) bond motifs is 1. The lowest BCUT2D eigenvalue weighted by Crippen LogP contribution is -2.38. The molecular weight excluding hydrogens is 288 g/mol. The molecule has 1 saturated heterocycles. The Morgan fingerprint density at radius 2 is 1.48 bits per heavy atom. The monoisotopic (exact) mass is 302 g/mol. The van der Waals surface area contributed by atoms with Crippen LogP contribution >= 0.6 is 0 Å². The number of carbonyl (C=O) groups excluding carboxylic acids is 2. The number of nitrogens with zero attached hydrogens (tertiary/aromatic N) is 2. The molecule has 112 valence electrons. The van der Waals surface area contributed by atoms with Crippen LogP contribution in [-0.2, 0) is 0 Å². The third kappa shape index (κ3) is 2.14. The zero-order valence-corrected chi connectivity index (χ0v) is 12.6. The van der Waals surface area contributed by atoms with Crippen LogP contribution in [0, 0.1) is 11.8 Å². The van der Waals surface area contributed by atoms with Gasteiger partial charge in [0.2, 0.25) is 0 Å². The molecule has 0 bridgehead atoms. The molecule has 4 nitrogen and oxygen atoms in total. The fourth-order valence-corrected chi connectivity index (χ4v) is 2.78. The minimum atomic E-state index is -0.483. The summed E-state index contributed by atoms with van der Waals surface area (Å²) >= 11 is 0. The molecule has 0 aromatic heterocycles. The van der Waals surface area contributed by atoms with Crippen LogP contribution in [0.15, 0.2) is 54.6 Å². The van der Waals surface area contributed by atoms with Crippen molar-refractivity contribution in [2.75, 3.05) is 6.54 Å². The van der Waals surface area contributed by atoms with E-state index in [9.17, 15) is 9.59 Å². The second-order valence-corrected chi connectivity index (χ2v) is 5.92. The van der Waals surface area contributed by atoms with Crippen molar-refractivity contribution in [1.29, 1.82) is 0 Å². The van der Waals surface area contributed by atoms with E-state index in [1.807, 2.05) is 37.3 Å². The van der Waals surface area contributed by atoms with E-state index in [-0.39, 0.29) is 11.8 Å². The Kier molecular flexibility index (Phi) is 2.87. The van der Waals surface area contributed by atoms with Crippen LogP contribution in [0.4, 0.5) is 0 Å². The number of benzene rings is 2. The van der Waals surface area contributed by atoms with Crippen molar-refractivity contribution in [3.05, 3.63) is 71.3 Å². The standard InChI is InChI=1S/C19H14N2O2/c1-19(12-11-14-7-3-2-4-8-14)13-20(19)21-17(22)15-9-5-6-10-16(15)18(21)23/h2-10H,13H2,1H3/t19-,20?/m1/s1. The summed E-state index contributed by atoms with van der Waals surface area (Å²) in [5, 5.41) is 2.96. The first-order valence-electron chi connectivity index (χ1n) is 7.44. The van der Waals surface area contributed by atoms with Crippen LogP contribution in [0.5, 0.6) is 0 Å². The van der Waals surface area contributed by atoms with Gasteiger partial charge in [0, 0.05) is 5.56 Å². The highest BCUT2D eigenvalue weighted by molar-refractivity contribution is 6.21. The van der Waals surface area contributed by atoms with Gasteiger partial charge < -0.3 is 0 Å². The fraction of sp³-hybridized carbons (Fsp3) is 0.158. The van der Waals surface area contributed by atoms with E-state index in [4.69, 9.17) is 0 Å². The maximum atomic E-state index is 12.5. The van der Waals surface area contributed by atoms with Gasteiger partial charge in [0.1, 0.15) is 5.54 Å². The molecule has 2 atom stereocenters. The molecule has 0 aliphatic carbocycles. The van der Waals surface area contributed by atoms with Gasteiger partial charge >= 0.3 is 0 Å². The summed E-state index contributed by atoms with van der Waals surface area (Å²) in [6, 6.07) is 16.6. The summed E-state index contributed by atoms with van der Waals surface area (Å²) in [6.07, 6.45) is 0. The molecule has 2 aliphatic rings. The number of amides is 2. The van der Waals surface area contributed by atoms with Crippen molar-refractivity contribution in [1.82, 2.24) is 10.0 Å². The SMILES string of the molecule is C[C@@]1(C#Cc2ccccc2)CN1N1C(=O)c2ccccc2C1=O. The molecule has 2 aromatic rings. The molecule has 0 radical (unpaired) electrons. The molecule has 2 aromatic carbocycles. The van der Waals surface area contributed by atoms with Crippen molar-refractivity contribution in [3.63, 3.8) is 0 Å². The molecule has 1 unspecified atom stereocenters. The lowest BCUT2D eigenvalue weighted by atomic mass is 10.1. The highest BCUT2D eigenvalue weighted by atomic mass is 16.2. The first kappa shape index (κ1) is 13.7. The van der Waals surface area contributed by atoms with Crippen LogP contribution in [0.3, 0.4) is 0 Å². The summed E-state index contributed by atoms with van der Waals surface area (Å²) in [5.74, 6) is 5.75. The van der Waals surface area contributed by atoms with Gasteiger partial charge in [-0.15, -0.1) is 0 Å². The van der Waals surface area contributed by atoms with E-state index in [0.717, 1.165) is 5.56 Å². The average Bonchev–Trinajstić information content (AvgIpc) is 3.17. The minimum absolute atomic E-state index is 0.268. The highest BCUT2D eigenvalue weighted by Gasteiger charge is 2.56. The van der Waals surface area contributed by atoms with Gasteiger partial charge in [-0.05, 0) is 31.2 Å². The number of imide groups is 1. The van der Waals surface area contributed by atoms with Gasteiger partial charge in [0.05, 0.1) is 17.7 Å². The van der Waals surface area contributed by atoms with Gasteiger partial charge in [0.15, 0.2) is 0 Å². The molecule has 0 spiro atoms. The Bertz CT molecular complexity index is 844. The van der Waals surface area contributed by atoms with Gasteiger partial charge in [-0.3, -0.25) is 9.59 Å². The van der Waals surface area contributed by atoms with E-state index >= 15 is 0 Å². The highest BCUT2D eigenvalue weighted by Crippen LogP contribution is 2.37. The Morgan fingerprint density at radius 1 is 0.913 bits per heavy atom. The number of rotatable bonds is 1. The molecule has 4 heteroatoms. The largest absolute Gasteiger partial charge is 0.276 e. The predicted molar refractivity (Wildman–Crippen MR) is 85.4 cm³/mol. The second kappa shape index (κ2) is 4.80. The summed E-state index contributed by atoms with van der Waals surface area (Å²) in [7, 11) is 0. The zero-order valence-electron chi connectivity index (χ0n) is 12.6. The number of hydrazine groups is 1. The molecular formula is C19H14N2O2. The Labute approximate surface area is 134 Å². The van der Waals surface area contributed by atoms with Crippen molar-refractivity contribution in [2.45, 2.75) is 12.5 Å². The molecule has 0 saturated carbocycles. The third-order valence-corrected chi connectivity index (χ3v) is 4.19. The number of hydrogen-bond donors (Lipinski definition) is 0. The van der Waals surface area contributed by atoms with Gasteiger partial charge in [0.25, 0.3) is 11.8 Å². The normalized spacial score (nSPS) is 24.9. The van der Waals surface area contributed by atoms with Crippen molar-refractivity contribution >= 4 is 11.8 Å². The molecule has 1 fully saturated rings. The molecule has 0 N–H and O–H groups in total. The van der Waals surface area contributed by atoms with Gasteiger partial charge in [-0.2, -0.15) is 5.01 Å². The smallest absolute Gasteiger partial charge is 0.267 e. The maximum Gasteiger partial charge on any atom is 0.276 e. The maximum absolute atomic E-state index is 12.5. The van der Waals surface area contributed by atoms with Crippen LogP contribution in [0.2, 0.25) is 0 Å². The quantitative estimate of drug-likeness (QED) is 0.461. The zero-order chi connectivity index (χ0) is 16.0. The van der Waals surface area contributed by atoms with Gasteiger partial charge in [-0.25, -0.2) is 5.01 Å². The van der Waals surface area contributed by atoms with Crippen LogP contribution in [0.25, 0.3) is 0 Å². The fourth-order valence-electron chi connectivity index (χ4n) is 2.78. The molecule has 4 rings (SSSR count). The third-order valence-electron chi connectivity index (χ3n) is 4.19. The molecule has 23 heavy (non-hydrogen) atoms. The average molecular weight is 302 g/mol. The lowest BCUT2D eigenvalue weighted by Gasteiger charge is -2.17. The van der Waals surface area contributed by atoms with Crippen LogP contribution < -0.4 is 0 Å².